The molecule has 0 N–H and O–H groups in total. The van der Waals surface area contributed by atoms with Crippen LogP contribution in [0.3, 0.4) is 0 Å². The van der Waals surface area contributed by atoms with Crippen molar-refractivity contribution in [3.8, 4) is 11.3 Å². The molecule has 0 bridgehead atoms. The van der Waals surface area contributed by atoms with E-state index in [0.717, 1.165) is 45.9 Å². The second kappa shape index (κ2) is 9.53. The molecule has 0 unspecified atom stereocenters. The van der Waals surface area contributed by atoms with Gasteiger partial charge in [0, 0.05) is 31.1 Å². The van der Waals surface area contributed by atoms with Gasteiger partial charge in [-0.3, -0.25) is 9.78 Å². The van der Waals surface area contributed by atoms with Gasteiger partial charge < -0.3 is 14.2 Å². The standard InChI is InChI=1S/C29H31N3O3/c1-31(2)26(33)18-32-25-17-22(29(34)35-3)11-13-23(25)27(19-8-5-4-6-9-19)28(32)21-12-14-24-20(16-21)10-7-15-30-24/h7,10-17,19H,4-6,8-9,18H2,1-3H3. The molecule has 4 aromatic rings. The number of hydrogen-bond acceptors (Lipinski definition) is 4. The normalized spacial score (nSPS) is 14.4. The van der Waals surface area contributed by atoms with E-state index in [1.165, 1.54) is 31.9 Å². The maximum absolute atomic E-state index is 13.0. The molecule has 2 aromatic heterocycles. The van der Waals surface area contributed by atoms with Gasteiger partial charge in [0.15, 0.2) is 0 Å². The van der Waals surface area contributed by atoms with Crippen LogP contribution in [-0.4, -0.2) is 47.5 Å². The molecule has 1 saturated carbocycles. The average Bonchev–Trinajstić information content (AvgIpc) is 3.21. The first-order valence-corrected chi connectivity index (χ1v) is 12.3. The van der Waals surface area contributed by atoms with E-state index in [9.17, 15) is 9.59 Å². The van der Waals surface area contributed by atoms with Crippen molar-refractivity contribution >= 4 is 33.7 Å². The number of rotatable bonds is 5. The molecule has 0 aliphatic heterocycles. The number of amides is 1. The number of benzene rings is 2. The lowest BCUT2D eigenvalue weighted by molar-refractivity contribution is -0.129. The molecule has 0 radical (unpaired) electrons. The van der Waals surface area contributed by atoms with E-state index in [-0.39, 0.29) is 18.4 Å². The lowest BCUT2D eigenvalue weighted by Crippen LogP contribution is -2.26. The number of likely N-dealkylation sites (N-methyl/N-ethyl adjacent to an activating group) is 1. The Kier molecular flexibility index (Phi) is 6.29. The fourth-order valence-electron chi connectivity index (χ4n) is 5.40. The topological polar surface area (TPSA) is 64.4 Å². The van der Waals surface area contributed by atoms with Crippen LogP contribution in [0.4, 0.5) is 0 Å². The minimum atomic E-state index is -0.379. The highest BCUT2D eigenvalue weighted by molar-refractivity contribution is 6.00. The summed E-state index contributed by atoms with van der Waals surface area (Å²) >= 11 is 0. The Morgan fingerprint density at radius 3 is 2.60 bits per heavy atom. The fourth-order valence-corrected chi connectivity index (χ4v) is 5.40. The third-order valence-corrected chi connectivity index (χ3v) is 7.21. The zero-order chi connectivity index (χ0) is 24.5. The molecule has 2 heterocycles. The van der Waals surface area contributed by atoms with Gasteiger partial charge >= 0.3 is 5.97 Å². The van der Waals surface area contributed by atoms with Crippen LogP contribution in [0, 0.1) is 0 Å². The number of carbonyl (C=O) groups excluding carboxylic acids is 2. The molecule has 5 rings (SSSR count). The van der Waals surface area contributed by atoms with Gasteiger partial charge in [0.2, 0.25) is 5.91 Å². The molecule has 0 saturated heterocycles. The highest BCUT2D eigenvalue weighted by atomic mass is 16.5. The zero-order valence-corrected chi connectivity index (χ0v) is 20.6. The van der Waals surface area contributed by atoms with E-state index < -0.39 is 0 Å². The summed E-state index contributed by atoms with van der Waals surface area (Å²) in [5.41, 5.74) is 5.73. The van der Waals surface area contributed by atoms with E-state index in [2.05, 4.69) is 27.8 Å². The van der Waals surface area contributed by atoms with Crippen molar-refractivity contribution in [2.24, 2.45) is 0 Å². The number of esters is 1. The summed E-state index contributed by atoms with van der Waals surface area (Å²) in [5.74, 6) is 0.0333. The Labute approximate surface area is 205 Å². The average molecular weight is 470 g/mol. The van der Waals surface area contributed by atoms with Crippen molar-refractivity contribution < 1.29 is 14.3 Å². The smallest absolute Gasteiger partial charge is 0.337 e. The number of pyridine rings is 1. The molecule has 6 heteroatoms. The van der Waals surface area contributed by atoms with Crippen LogP contribution < -0.4 is 0 Å². The van der Waals surface area contributed by atoms with E-state index >= 15 is 0 Å². The van der Waals surface area contributed by atoms with Gasteiger partial charge in [-0.1, -0.05) is 37.5 Å². The van der Waals surface area contributed by atoms with Crippen LogP contribution in [-0.2, 0) is 16.1 Å². The van der Waals surface area contributed by atoms with Gasteiger partial charge in [-0.25, -0.2) is 4.79 Å². The van der Waals surface area contributed by atoms with Crippen molar-refractivity contribution in [2.45, 2.75) is 44.6 Å². The number of ether oxygens (including phenoxy) is 1. The Balaban J connectivity index is 1.82. The zero-order valence-electron chi connectivity index (χ0n) is 20.6. The Hall–Kier alpha value is -3.67. The number of nitrogens with zero attached hydrogens (tertiary/aromatic N) is 3. The number of hydrogen-bond donors (Lipinski definition) is 0. The second-order valence-electron chi connectivity index (χ2n) is 9.61. The predicted octanol–water partition coefficient (Wildman–Crippen LogP) is 5.78. The molecule has 0 spiro atoms. The molecule has 1 amide bonds. The third kappa shape index (κ3) is 4.29. The predicted molar refractivity (Wildman–Crippen MR) is 139 cm³/mol. The quantitative estimate of drug-likeness (QED) is 0.348. The Morgan fingerprint density at radius 1 is 1.06 bits per heavy atom. The number of fused-ring (bicyclic) bond motifs is 2. The fraction of sp³-hybridized carbons (Fsp3) is 0.345. The summed E-state index contributed by atoms with van der Waals surface area (Å²) in [6.45, 7) is 0.196. The van der Waals surface area contributed by atoms with Crippen LogP contribution in [0.1, 0.15) is 53.9 Å². The van der Waals surface area contributed by atoms with Crippen molar-refractivity contribution in [2.75, 3.05) is 21.2 Å². The largest absolute Gasteiger partial charge is 0.465 e. The monoisotopic (exact) mass is 469 g/mol. The van der Waals surface area contributed by atoms with Crippen LogP contribution >= 0.6 is 0 Å². The molecule has 0 atom stereocenters. The van der Waals surface area contributed by atoms with Gasteiger partial charge in [0.1, 0.15) is 6.54 Å². The summed E-state index contributed by atoms with van der Waals surface area (Å²) in [4.78, 5) is 31.5. The van der Waals surface area contributed by atoms with Gasteiger partial charge in [-0.15, -0.1) is 0 Å². The van der Waals surface area contributed by atoms with Crippen molar-refractivity contribution in [3.05, 3.63) is 65.9 Å². The molecule has 1 aliphatic rings. The highest BCUT2D eigenvalue weighted by Crippen LogP contribution is 2.44. The van der Waals surface area contributed by atoms with Gasteiger partial charge in [0.25, 0.3) is 0 Å². The first-order valence-electron chi connectivity index (χ1n) is 12.3. The summed E-state index contributed by atoms with van der Waals surface area (Å²) in [7, 11) is 4.94. The molecule has 6 nitrogen and oxygen atoms in total. The summed E-state index contributed by atoms with van der Waals surface area (Å²) in [6.07, 6.45) is 7.72. The van der Waals surface area contributed by atoms with Crippen LogP contribution in [0.15, 0.2) is 54.7 Å². The highest BCUT2D eigenvalue weighted by Gasteiger charge is 2.28. The Bertz CT molecular complexity index is 1410. The maximum atomic E-state index is 13.0. The second-order valence-corrected chi connectivity index (χ2v) is 9.61. The van der Waals surface area contributed by atoms with Gasteiger partial charge in [-0.2, -0.15) is 0 Å². The lowest BCUT2D eigenvalue weighted by atomic mass is 9.81. The minimum Gasteiger partial charge on any atom is -0.465 e. The van der Waals surface area contributed by atoms with Crippen molar-refractivity contribution in [1.82, 2.24) is 14.5 Å². The van der Waals surface area contributed by atoms with Crippen LogP contribution in [0.2, 0.25) is 0 Å². The molecule has 180 valence electrons. The number of carbonyl (C=O) groups is 2. The van der Waals surface area contributed by atoms with Crippen molar-refractivity contribution in [3.63, 3.8) is 0 Å². The molecular weight excluding hydrogens is 438 g/mol. The molecular formula is C29H31N3O3. The van der Waals surface area contributed by atoms with E-state index in [1.807, 2.05) is 30.3 Å². The Morgan fingerprint density at radius 2 is 1.86 bits per heavy atom. The lowest BCUT2D eigenvalue weighted by Gasteiger charge is -2.24. The van der Waals surface area contributed by atoms with E-state index in [1.54, 1.807) is 25.2 Å². The van der Waals surface area contributed by atoms with Crippen molar-refractivity contribution in [1.29, 1.82) is 0 Å². The number of methoxy groups -OCH3 is 1. The summed E-state index contributed by atoms with van der Waals surface area (Å²) in [5, 5.41) is 2.17. The van der Waals surface area contributed by atoms with Gasteiger partial charge in [0.05, 0.1) is 29.4 Å². The summed E-state index contributed by atoms with van der Waals surface area (Å²) in [6, 6.07) is 16.1. The molecule has 35 heavy (non-hydrogen) atoms. The molecule has 2 aromatic carbocycles. The van der Waals surface area contributed by atoms with E-state index in [4.69, 9.17) is 4.74 Å². The first-order chi connectivity index (χ1) is 17.0. The third-order valence-electron chi connectivity index (χ3n) is 7.21. The molecule has 1 aliphatic carbocycles. The number of aromatic nitrogens is 2. The SMILES string of the molecule is COC(=O)c1ccc2c(C3CCCCC3)c(-c3ccc4ncccc4c3)n(CC(=O)N(C)C)c2c1. The molecule has 1 fully saturated rings. The first kappa shape index (κ1) is 23.1. The minimum absolute atomic E-state index is 0.00395. The summed E-state index contributed by atoms with van der Waals surface area (Å²) < 4.78 is 7.10. The van der Waals surface area contributed by atoms with E-state index in [0.29, 0.717) is 11.5 Å². The van der Waals surface area contributed by atoms with Crippen LogP contribution in [0.5, 0.6) is 0 Å². The van der Waals surface area contributed by atoms with Gasteiger partial charge in [-0.05, 0) is 60.2 Å². The van der Waals surface area contributed by atoms with Crippen LogP contribution in [0.25, 0.3) is 33.1 Å². The maximum Gasteiger partial charge on any atom is 0.337 e.